The van der Waals surface area contributed by atoms with Gasteiger partial charge in [-0.1, -0.05) is 116 Å². The third kappa shape index (κ3) is 23.4. The molecule has 3 heteroatoms. The van der Waals surface area contributed by atoms with Crippen molar-refractivity contribution in [3.8, 4) is 0 Å². The summed E-state index contributed by atoms with van der Waals surface area (Å²) in [5.74, 6) is 0.327. The van der Waals surface area contributed by atoms with Gasteiger partial charge in [0, 0.05) is 19.3 Å². The molecule has 0 saturated heterocycles. The molecule has 0 saturated carbocycles. The highest BCUT2D eigenvalue weighted by Gasteiger charge is 2.03. The number of rotatable bonds is 24. The fourth-order valence-electron chi connectivity index (χ4n) is 4.04. The van der Waals surface area contributed by atoms with Crippen LogP contribution < -0.4 is 0 Å². The van der Waals surface area contributed by atoms with E-state index in [1.807, 2.05) is 0 Å². The van der Waals surface area contributed by atoms with Crippen molar-refractivity contribution in [2.75, 3.05) is 7.11 Å². The quantitative estimate of drug-likeness (QED) is 0.115. The molecule has 0 heterocycles. The molecule has 0 aromatic rings. The van der Waals surface area contributed by atoms with Crippen molar-refractivity contribution in [1.82, 2.24) is 0 Å². The first-order valence-corrected chi connectivity index (χ1v) is 13.3. The molecule has 0 unspecified atom stereocenters. The maximum Gasteiger partial charge on any atom is 0.305 e. The van der Waals surface area contributed by atoms with Crippen LogP contribution in [-0.2, 0) is 14.3 Å². The molecule has 178 valence electrons. The molecule has 0 radical (unpaired) electrons. The number of methoxy groups -OCH3 is 1. The second-order valence-electron chi connectivity index (χ2n) is 9.08. The van der Waals surface area contributed by atoms with E-state index in [9.17, 15) is 9.59 Å². The number of carbonyl (C=O) groups is 2. The molecule has 0 atom stereocenters. The Morgan fingerprint density at radius 2 is 0.767 bits per heavy atom. The van der Waals surface area contributed by atoms with Crippen LogP contribution in [0.2, 0.25) is 0 Å². The van der Waals surface area contributed by atoms with Crippen molar-refractivity contribution in [1.29, 1.82) is 0 Å². The number of unbranched alkanes of at least 4 members (excludes halogenated alkanes) is 18. The number of hydrogen-bond acceptors (Lipinski definition) is 3. The first kappa shape index (κ1) is 29.1. The van der Waals surface area contributed by atoms with Gasteiger partial charge in [-0.2, -0.15) is 0 Å². The van der Waals surface area contributed by atoms with Crippen LogP contribution in [0, 0.1) is 0 Å². The number of ketones is 1. The van der Waals surface area contributed by atoms with Gasteiger partial charge in [0.15, 0.2) is 0 Å². The average Bonchev–Trinajstić information content (AvgIpc) is 2.75. The van der Waals surface area contributed by atoms with Crippen LogP contribution in [0.15, 0.2) is 0 Å². The van der Waals surface area contributed by atoms with E-state index >= 15 is 0 Å². The lowest BCUT2D eigenvalue weighted by molar-refractivity contribution is -0.140. The highest BCUT2D eigenvalue weighted by Crippen LogP contribution is 2.14. The predicted molar refractivity (Wildman–Crippen MR) is 129 cm³/mol. The van der Waals surface area contributed by atoms with Crippen LogP contribution in [0.1, 0.15) is 155 Å². The van der Waals surface area contributed by atoms with E-state index in [-0.39, 0.29) is 5.97 Å². The fourth-order valence-corrected chi connectivity index (χ4v) is 4.04. The van der Waals surface area contributed by atoms with Gasteiger partial charge in [-0.3, -0.25) is 9.59 Å². The Hall–Kier alpha value is -0.860. The fraction of sp³-hybridized carbons (Fsp3) is 0.926. The second-order valence-corrected chi connectivity index (χ2v) is 9.08. The Morgan fingerprint density at radius 1 is 0.467 bits per heavy atom. The summed E-state index contributed by atoms with van der Waals surface area (Å²) in [5, 5.41) is 0. The summed E-state index contributed by atoms with van der Waals surface area (Å²) in [6, 6.07) is 0. The molecule has 0 aromatic heterocycles. The number of hydrogen-bond donors (Lipinski definition) is 0. The minimum atomic E-state index is -0.117. The average molecular weight is 425 g/mol. The molecule has 0 spiro atoms. The lowest BCUT2D eigenvalue weighted by Crippen LogP contribution is -1.99. The highest BCUT2D eigenvalue weighted by molar-refractivity contribution is 5.78. The molecule has 0 bridgehead atoms. The van der Waals surface area contributed by atoms with Crippen molar-refractivity contribution in [2.45, 2.75) is 155 Å². The topological polar surface area (TPSA) is 43.4 Å². The Labute approximate surface area is 188 Å². The third-order valence-electron chi connectivity index (χ3n) is 6.12. The van der Waals surface area contributed by atoms with Gasteiger partial charge in [0.25, 0.3) is 0 Å². The largest absolute Gasteiger partial charge is 0.469 e. The molecular formula is C27H52O3. The standard InChI is InChI=1S/C27H52O3/c1-3-4-5-6-7-8-9-10-11-12-13-14-15-17-20-23-26(28)24-21-18-16-19-22-25-27(29)30-2/h3-25H2,1-2H3. The SMILES string of the molecule is CCCCCCCCCCCCCCCCCC(=O)CCCCCCCC(=O)OC. The summed E-state index contributed by atoms with van der Waals surface area (Å²) in [5.41, 5.74) is 0. The lowest BCUT2D eigenvalue weighted by Gasteiger charge is -2.04. The summed E-state index contributed by atoms with van der Waals surface area (Å²) < 4.78 is 4.63. The van der Waals surface area contributed by atoms with Gasteiger partial charge in [0.05, 0.1) is 7.11 Å². The summed E-state index contributed by atoms with van der Waals surface area (Å²) in [4.78, 5) is 22.9. The van der Waals surface area contributed by atoms with Gasteiger partial charge >= 0.3 is 5.97 Å². The molecule has 3 nitrogen and oxygen atoms in total. The van der Waals surface area contributed by atoms with Crippen LogP contribution >= 0.6 is 0 Å². The van der Waals surface area contributed by atoms with Crippen LogP contribution in [0.3, 0.4) is 0 Å². The zero-order valence-electron chi connectivity index (χ0n) is 20.5. The van der Waals surface area contributed by atoms with Crippen molar-refractivity contribution < 1.29 is 14.3 Å². The maximum atomic E-state index is 11.9. The second kappa shape index (κ2) is 24.4. The molecule has 30 heavy (non-hydrogen) atoms. The van der Waals surface area contributed by atoms with Gasteiger partial charge in [0.1, 0.15) is 5.78 Å². The van der Waals surface area contributed by atoms with Gasteiger partial charge < -0.3 is 4.74 Å². The van der Waals surface area contributed by atoms with E-state index in [1.165, 1.54) is 97.0 Å². The van der Waals surface area contributed by atoms with Gasteiger partial charge in [-0.05, 0) is 19.3 Å². The molecular weight excluding hydrogens is 372 g/mol. The van der Waals surface area contributed by atoms with E-state index in [2.05, 4.69) is 11.7 Å². The summed E-state index contributed by atoms with van der Waals surface area (Å²) in [7, 11) is 1.44. The van der Waals surface area contributed by atoms with E-state index < -0.39 is 0 Å². The Bertz CT molecular complexity index is 378. The summed E-state index contributed by atoms with van der Waals surface area (Å²) >= 11 is 0. The zero-order valence-corrected chi connectivity index (χ0v) is 20.5. The highest BCUT2D eigenvalue weighted by atomic mass is 16.5. The van der Waals surface area contributed by atoms with E-state index in [4.69, 9.17) is 0 Å². The Kier molecular flexibility index (Phi) is 23.7. The molecule has 0 aliphatic heterocycles. The lowest BCUT2D eigenvalue weighted by atomic mass is 10.0. The molecule has 0 aliphatic rings. The summed E-state index contributed by atoms with van der Waals surface area (Å²) in [6.45, 7) is 2.28. The molecule has 0 aromatic carbocycles. The van der Waals surface area contributed by atoms with Gasteiger partial charge in [-0.15, -0.1) is 0 Å². The van der Waals surface area contributed by atoms with Crippen molar-refractivity contribution in [3.05, 3.63) is 0 Å². The monoisotopic (exact) mass is 424 g/mol. The molecule has 0 aliphatic carbocycles. The van der Waals surface area contributed by atoms with Crippen molar-refractivity contribution in [2.24, 2.45) is 0 Å². The predicted octanol–water partition coefficient (Wildman–Crippen LogP) is 8.72. The van der Waals surface area contributed by atoms with E-state index in [0.717, 1.165) is 51.4 Å². The van der Waals surface area contributed by atoms with Crippen LogP contribution in [-0.4, -0.2) is 18.9 Å². The normalized spacial score (nSPS) is 11.0. The maximum absolute atomic E-state index is 11.9. The number of ether oxygens (including phenoxy) is 1. The minimum absolute atomic E-state index is 0.117. The van der Waals surface area contributed by atoms with E-state index in [1.54, 1.807) is 0 Å². The number of Topliss-reactive ketones (excluding diaryl/α,β-unsaturated/α-hetero) is 1. The minimum Gasteiger partial charge on any atom is -0.469 e. The third-order valence-corrected chi connectivity index (χ3v) is 6.12. The number of esters is 1. The van der Waals surface area contributed by atoms with Crippen LogP contribution in [0.5, 0.6) is 0 Å². The van der Waals surface area contributed by atoms with Gasteiger partial charge in [-0.25, -0.2) is 0 Å². The first-order valence-electron chi connectivity index (χ1n) is 13.3. The molecule has 0 N–H and O–H groups in total. The van der Waals surface area contributed by atoms with Gasteiger partial charge in [0.2, 0.25) is 0 Å². The van der Waals surface area contributed by atoms with Crippen molar-refractivity contribution in [3.63, 3.8) is 0 Å². The summed E-state index contributed by atoms with van der Waals surface area (Å²) in [6.07, 6.45) is 27.7. The van der Waals surface area contributed by atoms with E-state index in [0.29, 0.717) is 12.2 Å². The molecule has 0 rings (SSSR count). The first-order chi connectivity index (χ1) is 14.7. The van der Waals surface area contributed by atoms with Crippen LogP contribution in [0.4, 0.5) is 0 Å². The van der Waals surface area contributed by atoms with Crippen molar-refractivity contribution >= 4 is 11.8 Å². The Morgan fingerprint density at radius 3 is 1.10 bits per heavy atom. The Balaban J connectivity index is 3.17. The molecule has 0 fully saturated rings. The van der Waals surface area contributed by atoms with Crippen LogP contribution in [0.25, 0.3) is 0 Å². The molecule has 0 amide bonds. The smallest absolute Gasteiger partial charge is 0.305 e. The zero-order chi connectivity index (χ0) is 22.1. The number of carbonyl (C=O) groups excluding carboxylic acids is 2.